The average molecular weight is 661 g/mol. The average Bonchev–Trinajstić information content (AvgIpc) is 3.62. The fourth-order valence-electron chi connectivity index (χ4n) is 13.7. The van der Waals surface area contributed by atoms with Crippen LogP contribution in [0.15, 0.2) is 0 Å². The van der Waals surface area contributed by atoms with Crippen molar-refractivity contribution in [1.29, 1.82) is 0 Å². The fraction of sp³-hybridized carbons (Fsp3) is 0.974. The van der Waals surface area contributed by atoms with Gasteiger partial charge >= 0.3 is 0 Å². The zero-order valence-electron chi connectivity index (χ0n) is 30.6. The summed E-state index contributed by atoms with van der Waals surface area (Å²) in [7, 11) is 3.85. The molecule has 47 heavy (non-hydrogen) atoms. The van der Waals surface area contributed by atoms with E-state index in [1.54, 1.807) is 13.8 Å². The minimum Gasteiger partial charge on any atom is -0.390 e. The molecule has 5 unspecified atom stereocenters. The highest BCUT2D eigenvalue weighted by molar-refractivity contribution is 5.78. The molecule has 268 valence electrons. The second-order valence-electron chi connectivity index (χ2n) is 19.2. The van der Waals surface area contributed by atoms with Gasteiger partial charge in [-0.2, -0.15) is 0 Å². The molecular formula is C38H64N2O7. The number of hydrogen-bond acceptors (Lipinski definition) is 8. The molecule has 0 aromatic rings. The van der Waals surface area contributed by atoms with E-state index in [1.165, 1.54) is 12.8 Å². The van der Waals surface area contributed by atoms with Crippen molar-refractivity contribution < 1.29 is 34.3 Å². The van der Waals surface area contributed by atoms with Gasteiger partial charge in [0.15, 0.2) is 6.29 Å². The minimum atomic E-state index is -1.26. The first-order valence-corrected chi connectivity index (χ1v) is 18.8. The summed E-state index contributed by atoms with van der Waals surface area (Å²) in [5, 5.41) is 34.1. The maximum Gasteiger partial charge on any atom is 0.236 e. The van der Waals surface area contributed by atoms with Crippen molar-refractivity contribution >= 4 is 5.91 Å². The number of ether oxygens (including phenoxy) is 3. The van der Waals surface area contributed by atoms with Crippen molar-refractivity contribution in [2.24, 2.45) is 50.7 Å². The van der Waals surface area contributed by atoms with Crippen molar-refractivity contribution in [3.63, 3.8) is 0 Å². The maximum atomic E-state index is 12.8. The summed E-state index contributed by atoms with van der Waals surface area (Å²) in [6, 6.07) is 0. The van der Waals surface area contributed by atoms with Crippen molar-refractivity contribution in [3.05, 3.63) is 0 Å². The van der Waals surface area contributed by atoms with E-state index in [4.69, 9.17) is 14.2 Å². The molecule has 14 atom stereocenters. The molecule has 0 bridgehead atoms. The highest BCUT2D eigenvalue weighted by Gasteiger charge is 2.84. The van der Waals surface area contributed by atoms with Crippen LogP contribution in [-0.2, 0) is 19.0 Å². The number of rotatable bonds is 6. The van der Waals surface area contributed by atoms with Gasteiger partial charge in [-0.3, -0.25) is 4.79 Å². The third kappa shape index (κ3) is 4.75. The summed E-state index contributed by atoms with van der Waals surface area (Å²) < 4.78 is 19.6. The van der Waals surface area contributed by atoms with Crippen LogP contribution in [0.2, 0.25) is 0 Å². The van der Waals surface area contributed by atoms with E-state index in [1.807, 2.05) is 23.9 Å². The Morgan fingerprint density at radius 2 is 1.74 bits per heavy atom. The van der Waals surface area contributed by atoms with Crippen molar-refractivity contribution in [2.45, 2.75) is 142 Å². The molecule has 9 heteroatoms. The second kappa shape index (κ2) is 11.1. The lowest BCUT2D eigenvalue weighted by Gasteiger charge is -2.64. The summed E-state index contributed by atoms with van der Waals surface area (Å²) in [6.45, 7) is 17.3. The standard InChI is InChI=1S/C38H64N2O7/c1-22-18-23(31(42)34(4,5)44)46-30-29(22)35(6)14-15-38-21-37(38)13-12-26(47-28-20-40(16-17-45-28)27(41)19-39(8)9)33(2,3)24(37)10-11-25(38)36(35,7)32(30)43/h22-26,28-32,42-44H,10-21H2,1-9H3/t22-,23?,24+,25+,26+,28?,29?,30?,31+,32+,35-,36-,37-,38?/m1/s1. The van der Waals surface area contributed by atoms with Gasteiger partial charge in [-0.15, -0.1) is 0 Å². The predicted molar refractivity (Wildman–Crippen MR) is 178 cm³/mol. The van der Waals surface area contributed by atoms with Gasteiger partial charge in [0.2, 0.25) is 5.91 Å². The molecule has 7 fully saturated rings. The first-order valence-electron chi connectivity index (χ1n) is 18.8. The largest absolute Gasteiger partial charge is 0.390 e. The Kier molecular flexibility index (Phi) is 8.17. The summed E-state index contributed by atoms with van der Waals surface area (Å²) in [6.07, 6.45) is 6.00. The zero-order chi connectivity index (χ0) is 34.1. The van der Waals surface area contributed by atoms with Gasteiger partial charge in [-0.1, -0.05) is 34.6 Å². The van der Waals surface area contributed by atoms with Gasteiger partial charge in [-0.25, -0.2) is 0 Å². The van der Waals surface area contributed by atoms with Crippen molar-refractivity contribution in [2.75, 3.05) is 40.3 Å². The molecule has 2 aliphatic heterocycles. The van der Waals surface area contributed by atoms with Crippen LogP contribution in [-0.4, -0.2) is 114 Å². The van der Waals surface area contributed by atoms with E-state index in [0.29, 0.717) is 50.4 Å². The van der Waals surface area contributed by atoms with Crippen molar-refractivity contribution in [1.82, 2.24) is 9.80 Å². The SMILES string of the molecule is C[C@@H]1CC([C@H](O)C(C)(C)O)OC2C1[C@@]1(C)CCC34C[C@@]35CC[C@H](OC3CN(C(=O)CN(C)C)CCO3)C(C)(C)[C@@H]5CC[C@H]4[C@]1(C)[C@H]2O. The Bertz CT molecular complexity index is 1240. The third-order valence-corrected chi connectivity index (χ3v) is 16.0. The third-order valence-electron chi connectivity index (χ3n) is 16.0. The second-order valence-corrected chi connectivity index (χ2v) is 19.2. The summed E-state index contributed by atoms with van der Waals surface area (Å²) in [5.74, 6) is 1.64. The molecule has 1 amide bonds. The molecule has 2 spiro atoms. The quantitative estimate of drug-likeness (QED) is 0.391. The molecule has 2 saturated heterocycles. The fourth-order valence-corrected chi connectivity index (χ4v) is 13.7. The van der Waals surface area contributed by atoms with Crippen LogP contribution in [0.25, 0.3) is 0 Å². The summed E-state index contributed by atoms with van der Waals surface area (Å²) >= 11 is 0. The topological polar surface area (TPSA) is 112 Å². The van der Waals surface area contributed by atoms with Crippen LogP contribution in [0.1, 0.15) is 99.8 Å². The molecule has 2 heterocycles. The number of aliphatic hydroxyl groups is 3. The lowest BCUT2D eigenvalue weighted by atomic mass is 9.41. The smallest absolute Gasteiger partial charge is 0.236 e. The van der Waals surface area contributed by atoms with E-state index in [9.17, 15) is 20.1 Å². The number of fused-ring (bicyclic) bond motifs is 4. The predicted octanol–water partition coefficient (Wildman–Crippen LogP) is 4.06. The zero-order valence-corrected chi connectivity index (χ0v) is 30.6. The van der Waals surface area contributed by atoms with Crippen molar-refractivity contribution in [3.8, 4) is 0 Å². The molecule has 9 nitrogen and oxygen atoms in total. The van der Waals surface area contributed by atoms with E-state index >= 15 is 0 Å². The Hall–Kier alpha value is -0.810. The number of hydrogen-bond donors (Lipinski definition) is 3. The van der Waals surface area contributed by atoms with Gasteiger partial charge < -0.3 is 39.3 Å². The molecular weight excluding hydrogens is 596 g/mol. The van der Waals surface area contributed by atoms with Gasteiger partial charge in [-0.05, 0) is 125 Å². The Labute approximate surface area is 283 Å². The minimum absolute atomic E-state index is 0.0198. The molecule has 0 aromatic heterocycles. The monoisotopic (exact) mass is 660 g/mol. The van der Waals surface area contributed by atoms with E-state index in [2.05, 4.69) is 34.6 Å². The Morgan fingerprint density at radius 3 is 2.43 bits per heavy atom. The van der Waals surface area contributed by atoms with E-state index in [0.717, 1.165) is 32.1 Å². The number of carbonyl (C=O) groups excluding carboxylic acids is 1. The lowest BCUT2D eigenvalue weighted by Crippen LogP contribution is -2.60. The van der Waals surface area contributed by atoms with E-state index in [-0.39, 0.29) is 57.4 Å². The molecule has 0 aromatic carbocycles. The number of amides is 1. The number of likely N-dealkylation sites (N-methyl/N-ethyl adjacent to an activating group) is 1. The molecule has 3 N–H and O–H groups in total. The van der Waals surface area contributed by atoms with Crippen LogP contribution < -0.4 is 0 Å². The lowest BCUT2D eigenvalue weighted by molar-refractivity contribution is -0.248. The molecule has 7 aliphatic rings. The van der Waals surface area contributed by atoms with Gasteiger partial charge in [0.05, 0.1) is 49.7 Å². The highest BCUT2D eigenvalue weighted by Crippen LogP contribution is 2.89. The highest BCUT2D eigenvalue weighted by atomic mass is 16.7. The van der Waals surface area contributed by atoms with Crippen LogP contribution in [0, 0.1) is 50.7 Å². The van der Waals surface area contributed by atoms with E-state index < -0.39 is 23.9 Å². The summed E-state index contributed by atoms with van der Waals surface area (Å²) in [4.78, 5) is 16.6. The van der Waals surface area contributed by atoms with Crippen LogP contribution in [0.3, 0.4) is 0 Å². The number of morpholine rings is 1. The number of aliphatic hydroxyl groups excluding tert-OH is 2. The van der Waals surface area contributed by atoms with Gasteiger partial charge in [0, 0.05) is 12.0 Å². The summed E-state index contributed by atoms with van der Waals surface area (Å²) in [5.41, 5.74) is -1.07. The molecule has 5 saturated carbocycles. The first-order chi connectivity index (χ1) is 21.8. The normalized spacial score (nSPS) is 50.9. The first kappa shape index (κ1) is 34.6. The molecule has 0 radical (unpaired) electrons. The molecule has 7 rings (SSSR count). The van der Waals surface area contributed by atoms with Crippen LogP contribution >= 0.6 is 0 Å². The van der Waals surface area contributed by atoms with Crippen LogP contribution in [0.5, 0.6) is 0 Å². The maximum absolute atomic E-state index is 12.8. The van der Waals surface area contributed by atoms with Crippen LogP contribution in [0.4, 0.5) is 0 Å². The molecule has 5 aliphatic carbocycles. The number of nitrogens with zero attached hydrogens (tertiary/aromatic N) is 2. The Balaban J connectivity index is 1.10. The number of carbonyl (C=O) groups is 1. The van der Waals surface area contributed by atoms with Gasteiger partial charge in [0.1, 0.15) is 6.10 Å². The van der Waals surface area contributed by atoms with Gasteiger partial charge in [0.25, 0.3) is 0 Å². The Morgan fingerprint density at radius 1 is 1.06 bits per heavy atom.